The molecule has 2 aliphatic heterocycles. The Labute approximate surface area is 159 Å². The first-order valence-corrected chi connectivity index (χ1v) is 9.88. The van der Waals surface area contributed by atoms with Crippen LogP contribution in [0.2, 0.25) is 10.0 Å². The van der Waals surface area contributed by atoms with Crippen molar-refractivity contribution >= 4 is 35.0 Å². The zero-order valence-electron chi connectivity index (χ0n) is 14.3. The maximum atomic E-state index is 13.0. The lowest BCUT2D eigenvalue weighted by Crippen LogP contribution is -2.48. The third-order valence-electron chi connectivity index (χ3n) is 5.08. The van der Waals surface area contributed by atoms with E-state index in [4.69, 9.17) is 23.2 Å². The molecule has 2 heterocycles. The Balaban J connectivity index is 1.74. The molecule has 1 unspecified atom stereocenters. The van der Waals surface area contributed by atoms with Crippen molar-refractivity contribution in [3.05, 3.63) is 33.8 Å². The number of benzene rings is 1. The van der Waals surface area contributed by atoms with E-state index < -0.39 is 0 Å². The van der Waals surface area contributed by atoms with E-state index in [2.05, 4.69) is 0 Å². The maximum absolute atomic E-state index is 13.0. The number of hydrogen-bond acceptors (Lipinski definition) is 2. The predicted molar refractivity (Wildman–Crippen MR) is 100 cm³/mol. The van der Waals surface area contributed by atoms with E-state index in [1.54, 1.807) is 23.1 Å². The summed E-state index contributed by atoms with van der Waals surface area (Å²) in [7, 11) is 0. The highest BCUT2D eigenvalue weighted by Crippen LogP contribution is 2.26. The lowest BCUT2D eigenvalue weighted by atomic mass is 10.1. The highest BCUT2D eigenvalue weighted by molar-refractivity contribution is 6.35. The molecule has 2 saturated heterocycles. The first-order chi connectivity index (χ1) is 12.1. The Morgan fingerprint density at radius 2 is 1.44 bits per heavy atom. The molecular formula is C19H24Cl2N2O2. The molecular weight excluding hydrogens is 359 g/mol. The summed E-state index contributed by atoms with van der Waals surface area (Å²) in [5.74, 6) is -0.0619. The number of carbonyl (C=O) groups is 2. The summed E-state index contributed by atoms with van der Waals surface area (Å²) in [5, 5.41) is 0.864. The first-order valence-electron chi connectivity index (χ1n) is 9.12. The molecule has 2 fully saturated rings. The van der Waals surface area contributed by atoms with Crippen LogP contribution in [0, 0.1) is 0 Å². The molecule has 2 aliphatic rings. The molecule has 2 amide bonds. The molecule has 1 aromatic rings. The molecule has 0 spiro atoms. The van der Waals surface area contributed by atoms with Gasteiger partial charge in [0.1, 0.15) is 6.04 Å². The highest BCUT2D eigenvalue weighted by atomic mass is 35.5. The SMILES string of the molecule is O=C(C1CCCN1C(=O)c1cc(Cl)cc(Cl)c1)N1CCCCCCC1. The van der Waals surface area contributed by atoms with E-state index in [0.717, 1.165) is 38.8 Å². The van der Waals surface area contributed by atoms with Crippen molar-refractivity contribution in [3.8, 4) is 0 Å². The van der Waals surface area contributed by atoms with Crippen LogP contribution in [-0.4, -0.2) is 47.3 Å². The van der Waals surface area contributed by atoms with Crippen molar-refractivity contribution in [3.63, 3.8) is 0 Å². The summed E-state index contributed by atoms with van der Waals surface area (Å²) >= 11 is 12.0. The van der Waals surface area contributed by atoms with E-state index in [0.29, 0.717) is 22.2 Å². The smallest absolute Gasteiger partial charge is 0.254 e. The van der Waals surface area contributed by atoms with Crippen LogP contribution in [0.4, 0.5) is 0 Å². The van der Waals surface area contributed by atoms with E-state index in [-0.39, 0.29) is 17.9 Å². The molecule has 0 bridgehead atoms. The summed E-state index contributed by atoms with van der Waals surface area (Å²) in [4.78, 5) is 29.6. The van der Waals surface area contributed by atoms with Crippen molar-refractivity contribution in [2.45, 2.75) is 51.0 Å². The number of nitrogens with zero attached hydrogens (tertiary/aromatic N) is 2. The topological polar surface area (TPSA) is 40.6 Å². The number of hydrogen-bond donors (Lipinski definition) is 0. The fourth-order valence-electron chi connectivity index (χ4n) is 3.79. The van der Waals surface area contributed by atoms with Gasteiger partial charge in [0.2, 0.25) is 5.91 Å². The van der Waals surface area contributed by atoms with Crippen LogP contribution in [0.15, 0.2) is 18.2 Å². The molecule has 25 heavy (non-hydrogen) atoms. The van der Waals surface area contributed by atoms with Crippen molar-refractivity contribution in [1.29, 1.82) is 0 Å². The van der Waals surface area contributed by atoms with Crippen LogP contribution in [0.5, 0.6) is 0 Å². The Hall–Kier alpha value is -1.26. The van der Waals surface area contributed by atoms with Gasteiger partial charge in [-0.1, -0.05) is 42.5 Å². The molecule has 6 heteroatoms. The van der Waals surface area contributed by atoms with E-state index in [1.165, 1.54) is 19.3 Å². The van der Waals surface area contributed by atoms with Crippen molar-refractivity contribution < 1.29 is 9.59 Å². The Morgan fingerprint density at radius 1 is 0.840 bits per heavy atom. The fourth-order valence-corrected chi connectivity index (χ4v) is 4.31. The first kappa shape index (κ1) is 18.5. The third kappa shape index (κ3) is 4.48. The largest absolute Gasteiger partial charge is 0.341 e. The number of amides is 2. The van der Waals surface area contributed by atoms with E-state index in [9.17, 15) is 9.59 Å². The molecule has 4 nitrogen and oxygen atoms in total. The predicted octanol–water partition coefficient (Wildman–Crippen LogP) is 4.39. The van der Waals surface area contributed by atoms with Gasteiger partial charge in [-0.3, -0.25) is 9.59 Å². The number of rotatable bonds is 2. The maximum Gasteiger partial charge on any atom is 0.254 e. The molecule has 136 valence electrons. The monoisotopic (exact) mass is 382 g/mol. The zero-order valence-corrected chi connectivity index (χ0v) is 15.9. The van der Waals surface area contributed by atoms with Crippen LogP contribution in [0.3, 0.4) is 0 Å². The zero-order chi connectivity index (χ0) is 17.8. The molecule has 0 aromatic heterocycles. The second-order valence-corrected chi connectivity index (χ2v) is 7.78. The van der Waals surface area contributed by atoms with Crippen molar-refractivity contribution in [2.75, 3.05) is 19.6 Å². The summed E-state index contributed by atoms with van der Waals surface area (Å²) in [6.45, 7) is 2.22. The van der Waals surface area contributed by atoms with Gasteiger partial charge in [-0.25, -0.2) is 0 Å². The molecule has 0 N–H and O–H groups in total. The van der Waals surface area contributed by atoms with Gasteiger partial charge in [-0.05, 0) is 43.9 Å². The quantitative estimate of drug-likeness (QED) is 0.760. The second-order valence-electron chi connectivity index (χ2n) is 6.91. The molecule has 3 rings (SSSR count). The van der Waals surface area contributed by atoms with E-state index >= 15 is 0 Å². The molecule has 1 aromatic carbocycles. The number of likely N-dealkylation sites (tertiary alicyclic amines) is 2. The normalized spacial score (nSPS) is 21.8. The van der Waals surface area contributed by atoms with Gasteiger partial charge in [0.05, 0.1) is 0 Å². The van der Waals surface area contributed by atoms with E-state index in [1.807, 2.05) is 4.90 Å². The Bertz CT molecular complexity index is 622. The summed E-state index contributed by atoms with van der Waals surface area (Å²) in [6, 6.07) is 4.48. The van der Waals surface area contributed by atoms with Crippen molar-refractivity contribution in [1.82, 2.24) is 9.80 Å². The van der Waals surface area contributed by atoms with Gasteiger partial charge in [0.15, 0.2) is 0 Å². The highest BCUT2D eigenvalue weighted by Gasteiger charge is 2.37. The third-order valence-corrected chi connectivity index (χ3v) is 5.51. The van der Waals surface area contributed by atoms with Crippen LogP contribution in [0.25, 0.3) is 0 Å². The lowest BCUT2D eigenvalue weighted by Gasteiger charge is -2.31. The minimum atomic E-state index is -0.357. The van der Waals surface area contributed by atoms with Crippen LogP contribution in [-0.2, 0) is 4.79 Å². The van der Waals surface area contributed by atoms with Crippen LogP contribution >= 0.6 is 23.2 Å². The number of halogens is 2. The molecule has 0 saturated carbocycles. The van der Waals surface area contributed by atoms with Gasteiger partial charge >= 0.3 is 0 Å². The van der Waals surface area contributed by atoms with Gasteiger partial charge in [-0.15, -0.1) is 0 Å². The second kappa shape index (κ2) is 8.41. The molecule has 1 atom stereocenters. The molecule has 0 radical (unpaired) electrons. The fraction of sp³-hybridized carbons (Fsp3) is 0.579. The minimum Gasteiger partial charge on any atom is -0.341 e. The summed E-state index contributed by atoms with van der Waals surface area (Å²) in [5.41, 5.74) is 0.449. The standard InChI is InChI=1S/C19H24Cl2N2O2/c20-15-11-14(12-16(21)13-15)18(24)23-10-6-7-17(23)19(25)22-8-4-2-1-3-5-9-22/h11-13,17H,1-10H2. The van der Waals surface area contributed by atoms with Gasteiger partial charge in [0, 0.05) is 35.2 Å². The van der Waals surface area contributed by atoms with Gasteiger partial charge in [0.25, 0.3) is 5.91 Å². The Kier molecular flexibility index (Phi) is 6.24. The van der Waals surface area contributed by atoms with Gasteiger partial charge in [-0.2, -0.15) is 0 Å². The van der Waals surface area contributed by atoms with Crippen LogP contribution < -0.4 is 0 Å². The average molecular weight is 383 g/mol. The lowest BCUT2D eigenvalue weighted by molar-refractivity contribution is -0.135. The number of carbonyl (C=O) groups excluding carboxylic acids is 2. The minimum absolute atomic E-state index is 0.0980. The van der Waals surface area contributed by atoms with Gasteiger partial charge < -0.3 is 9.80 Å². The molecule has 0 aliphatic carbocycles. The van der Waals surface area contributed by atoms with Crippen LogP contribution in [0.1, 0.15) is 55.3 Å². The van der Waals surface area contributed by atoms with Crippen molar-refractivity contribution in [2.24, 2.45) is 0 Å². The summed E-state index contributed by atoms with van der Waals surface area (Å²) < 4.78 is 0. The Morgan fingerprint density at radius 3 is 2.08 bits per heavy atom. The average Bonchev–Trinajstić information content (AvgIpc) is 3.02. The summed E-state index contributed by atoms with van der Waals surface area (Å²) in [6.07, 6.45) is 7.30.